The summed E-state index contributed by atoms with van der Waals surface area (Å²) in [5.41, 5.74) is 3.87. The van der Waals surface area contributed by atoms with Crippen LogP contribution in [-0.4, -0.2) is 0 Å². The van der Waals surface area contributed by atoms with Gasteiger partial charge in [-0.15, -0.1) is 24.0 Å². The summed E-state index contributed by atoms with van der Waals surface area (Å²) in [6, 6.07) is 39.3. The molecule has 0 nitrogen and oxygen atoms in total. The van der Waals surface area contributed by atoms with Crippen LogP contribution in [0.5, 0.6) is 0 Å². The van der Waals surface area contributed by atoms with E-state index in [1.807, 2.05) is 0 Å². The maximum atomic E-state index is 5.94. The van der Waals surface area contributed by atoms with Crippen molar-refractivity contribution in [3.05, 3.63) is 126 Å². The van der Waals surface area contributed by atoms with Gasteiger partial charge in [-0.25, -0.2) is 0 Å². The molecule has 4 aromatic carbocycles. The van der Waals surface area contributed by atoms with Gasteiger partial charge in [-0.1, -0.05) is 109 Å². The highest BCUT2D eigenvalue weighted by molar-refractivity contribution is 7.79. The minimum atomic E-state index is -0.593. The van der Waals surface area contributed by atoms with Crippen LogP contribution >= 0.6 is 31.9 Å². The van der Waals surface area contributed by atoms with Crippen molar-refractivity contribution in [1.29, 1.82) is 0 Å². The Hall–Kier alpha value is -2.11. The third-order valence-electron chi connectivity index (χ3n) is 4.83. The van der Waals surface area contributed by atoms with Crippen molar-refractivity contribution < 1.29 is 0 Å². The quantitative estimate of drug-likeness (QED) is 0.249. The fourth-order valence-corrected chi connectivity index (χ4v) is 6.08. The SMILES string of the molecule is Cl.ClCc1ccc(Cc2ccccc2P(c2ccccc2)c2ccccc2)cc1. The molecular weight excluding hydrogens is 414 g/mol. The van der Waals surface area contributed by atoms with Crippen molar-refractivity contribution in [2.75, 3.05) is 0 Å². The van der Waals surface area contributed by atoms with Crippen LogP contribution in [0.1, 0.15) is 16.7 Å². The second kappa shape index (κ2) is 10.6. The molecule has 3 heteroatoms. The van der Waals surface area contributed by atoms with Crippen LogP contribution in [0.3, 0.4) is 0 Å². The van der Waals surface area contributed by atoms with E-state index in [1.165, 1.54) is 27.0 Å². The van der Waals surface area contributed by atoms with Crippen LogP contribution in [0.15, 0.2) is 109 Å². The normalized spacial score (nSPS) is 10.6. The van der Waals surface area contributed by atoms with Gasteiger partial charge in [-0.2, -0.15) is 0 Å². The lowest BCUT2D eigenvalue weighted by Crippen LogP contribution is -2.23. The molecule has 0 aromatic heterocycles. The number of alkyl halides is 1. The third kappa shape index (κ3) is 5.28. The molecule has 0 unspecified atom stereocenters. The summed E-state index contributed by atoms with van der Waals surface area (Å²) in [6.45, 7) is 0. The van der Waals surface area contributed by atoms with E-state index in [2.05, 4.69) is 109 Å². The summed E-state index contributed by atoms with van der Waals surface area (Å²) in [5, 5.41) is 4.19. The Kier molecular flexibility index (Phi) is 7.90. The fourth-order valence-electron chi connectivity index (χ4n) is 3.43. The van der Waals surface area contributed by atoms with Crippen molar-refractivity contribution >= 4 is 47.8 Å². The van der Waals surface area contributed by atoms with Crippen LogP contribution in [0.25, 0.3) is 0 Å². The minimum Gasteiger partial charge on any atom is -0.147 e. The van der Waals surface area contributed by atoms with Gasteiger partial charge in [0.05, 0.1) is 0 Å². The molecule has 0 aliphatic rings. The summed E-state index contributed by atoms with van der Waals surface area (Å²) >= 11 is 5.94. The zero-order valence-corrected chi connectivity index (χ0v) is 18.5. The second-order valence-corrected chi connectivity index (χ2v) is 9.21. The number of halogens is 2. The first-order chi connectivity index (χ1) is 13.8. The van der Waals surface area contributed by atoms with Crippen molar-refractivity contribution in [1.82, 2.24) is 0 Å². The zero-order valence-electron chi connectivity index (χ0n) is 16.0. The van der Waals surface area contributed by atoms with E-state index < -0.39 is 7.92 Å². The summed E-state index contributed by atoms with van der Waals surface area (Å²) in [4.78, 5) is 0. The van der Waals surface area contributed by atoms with Gasteiger partial charge in [0.15, 0.2) is 0 Å². The van der Waals surface area contributed by atoms with Gasteiger partial charge >= 0.3 is 0 Å². The van der Waals surface area contributed by atoms with Gasteiger partial charge in [0, 0.05) is 5.88 Å². The van der Waals surface area contributed by atoms with Crippen LogP contribution in [0.4, 0.5) is 0 Å². The molecule has 0 spiro atoms. The Morgan fingerprint density at radius 2 is 1.03 bits per heavy atom. The van der Waals surface area contributed by atoms with Gasteiger partial charge in [-0.3, -0.25) is 0 Å². The average Bonchev–Trinajstić information content (AvgIpc) is 2.77. The second-order valence-electron chi connectivity index (χ2n) is 6.76. The van der Waals surface area contributed by atoms with Crippen molar-refractivity contribution in [3.8, 4) is 0 Å². The molecule has 0 heterocycles. The highest BCUT2D eigenvalue weighted by Crippen LogP contribution is 2.34. The molecule has 0 amide bonds. The molecule has 0 saturated carbocycles. The molecule has 0 atom stereocenters. The molecule has 0 fully saturated rings. The van der Waals surface area contributed by atoms with Crippen LogP contribution in [0.2, 0.25) is 0 Å². The molecule has 0 bridgehead atoms. The lowest BCUT2D eigenvalue weighted by molar-refractivity contribution is 1.20. The van der Waals surface area contributed by atoms with Crippen molar-refractivity contribution in [3.63, 3.8) is 0 Å². The van der Waals surface area contributed by atoms with Gasteiger partial charge < -0.3 is 0 Å². The lowest BCUT2D eigenvalue weighted by Gasteiger charge is -2.22. The minimum absolute atomic E-state index is 0. The number of benzene rings is 4. The zero-order chi connectivity index (χ0) is 19.2. The highest BCUT2D eigenvalue weighted by Gasteiger charge is 2.19. The first-order valence-corrected chi connectivity index (χ1v) is 11.3. The smallest absolute Gasteiger partial charge is 0.0474 e. The maximum absolute atomic E-state index is 5.94. The Labute approximate surface area is 185 Å². The molecule has 0 radical (unpaired) electrons. The van der Waals surface area contributed by atoms with Gasteiger partial charge in [0.2, 0.25) is 0 Å². The number of hydrogen-bond acceptors (Lipinski definition) is 0. The van der Waals surface area contributed by atoms with Crippen molar-refractivity contribution in [2.45, 2.75) is 12.3 Å². The lowest BCUT2D eigenvalue weighted by atomic mass is 10.0. The number of hydrogen-bond donors (Lipinski definition) is 0. The molecule has 4 aromatic rings. The molecule has 0 saturated heterocycles. The topological polar surface area (TPSA) is 0 Å². The summed E-state index contributed by atoms with van der Waals surface area (Å²) in [6.07, 6.45) is 0.928. The maximum Gasteiger partial charge on any atom is 0.0474 e. The van der Waals surface area contributed by atoms with E-state index in [4.69, 9.17) is 11.6 Å². The van der Waals surface area contributed by atoms with Crippen molar-refractivity contribution in [2.24, 2.45) is 0 Å². The van der Waals surface area contributed by atoms with Gasteiger partial charge in [-0.05, 0) is 46.9 Å². The molecule has 29 heavy (non-hydrogen) atoms. The van der Waals surface area contributed by atoms with Gasteiger partial charge in [0.1, 0.15) is 0 Å². The summed E-state index contributed by atoms with van der Waals surface area (Å²) in [5.74, 6) is 0.560. The largest absolute Gasteiger partial charge is 0.147 e. The average molecular weight is 437 g/mol. The first-order valence-electron chi connectivity index (χ1n) is 9.47. The Morgan fingerprint density at radius 1 is 0.552 bits per heavy atom. The third-order valence-corrected chi connectivity index (χ3v) is 7.69. The highest BCUT2D eigenvalue weighted by atomic mass is 35.5. The van der Waals surface area contributed by atoms with Crippen LogP contribution < -0.4 is 15.9 Å². The van der Waals surface area contributed by atoms with Crippen LogP contribution in [0, 0.1) is 0 Å². The van der Waals surface area contributed by atoms with E-state index in [0.29, 0.717) is 5.88 Å². The first kappa shape index (κ1) is 21.6. The molecule has 146 valence electrons. The van der Waals surface area contributed by atoms with Gasteiger partial charge in [0.25, 0.3) is 0 Å². The van der Waals surface area contributed by atoms with E-state index in [0.717, 1.165) is 12.0 Å². The van der Waals surface area contributed by atoms with E-state index in [9.17, 15) is 0 Å². The monoisotopic (exact) mass is 436 g/mol. The van der Waals surface area contributed by atoms with E-state index in [1.54, 1.807) is 0 Å². The predicted molar refractivity (Wildman–Crippen MR) is 131 cm³/mol. The fraction of sp³-hybridized carbons (Fsp3) is 0.0769. The predicted octanol–water partition coefficient (Wildman–Crippen LogP) is 6.20. The molecule has 4 rings (SSSR count). The summed E-state index contributed by atoms with van der Waals surface area (Å²) < 4.78 is 0. The van der Waals surface area contributed by atoms with Crippen LogP contribution in [-0.2, 0) is 12.3 Å². The molecule has 0 aliphatic carbocycles. The Balaban J connectivity index is 0.00000240. The molecule has 0 N–H and O–H groups in total. The molecular formula is C26H23Cl2P. The standard InChI is InChI=1S/C26H22ClP.ClH/c27-20-22-17-15-21(16-18-22)19-23-9-7-8-14-26(23)28(24-10-3-1-4-11-24)25-12-5-2-6-13-25;/h1-18H,19-20H2;1H. The summed E-state index contributed by atoms with van der Waals surface area (Å²) in [7, 11) is -0.593. The van der Waals surface area contributed by atoms with E-state index >= 15 is 0 Å². The number of rotatable bonds is 6. The Morgan fingerprint density at radius 3 is 1.59 bits per heavy atom. The Bertz CT molecular complexity index is 976. The molecule has 0 aliphatic heterocycles. The van der Waals surface area contributed by atoms with E-state index in [-0.39, 0.29) is 12.4 Å².